The molecule has 2 N–H and O–H groups in total. The molecule has 5 rings (SSSR count). The van der Waals surface area contributed by atoms with Crippen molar-refractivity contribution in [3.05, 3.63) is 99.2 Å². The second-order valence-electron chi connectivity index (χ2n) is 7.78. The number of fused-ring (bicyclic) bond motifs is 1. The molecule has 0 aliphatic carbocycles. The van der Waals surface area contributed by atoms with Gasteiger partial charge in [-0.15, -0.1) is 0 Å². The summed E-state index contributed by atoms with van der Waals surface area (Å²) in [4.78, 5) is 16.9. The van der Waals surface area contributed by atoms with Crippen molar-refractivity contribution in [1.82, 2.24) is 10.3 Å². The number of hydrogen-bond acceptors (Lipinski definition) is 5. The summed E-state index contributed by atoms with van der Waals surface area (Å²) in [6, 6.07) is 21.7. The zero-order chi connectivity index (χ0) is 25.9. The van der Waals surface area contributed by atoms with Crippen LogP contribution in [0.5, 0.6) is 0 Å². The Morgan fingerprint density at radius 3 is 2.62 bits per heavy atom. The highest BCUT2D eigenvalue weighted by Gasteiger charge is 2.12. The minimum atomic E-state index is -0.418. The molecule has 5 aromatic rings. The Morgan fingerprint density at radius 1 is 0.973 bits per heavy atom. The lowest BCUT2D eigenvalue weighted by Crippen LogP contribution is -2.32. The van der Waals surface area contributed by atoms with E-state index in [0.29, 0.717) is 49.8 Å². The van der Waals surface area contributed by atoms with Gasteiger partial charge in [0.05, 0.1) is 10.6 Å². The molecule has 1 amide bonds. The number of aromatic nitrogens is 1. The third-order valence-corrected chi connectivity index (χ3v) is 6.65. The average Bonchev–Trinajstić information content (AvgIpc) is 3.50. The van der Waals surface area contributed by atoms with Crippen molar-refractivity contribution >= 4 is 85.2 Å². The third kappa shape index (κ3) is 5.94. The molecule has 6 nitrogen and oxygen atoms in total. The molecule has 0 atom stereocenters. The lowest BCUT2D eigenvalue weighted by Gasteiger charge is -2.07. The van der Waals surface area contributed by atoms with Crippen LogP contribution in [0.1, 0.15) is 5.76 Å². The Hall–Kier alpha value is -3.43. The van der Waals surface area contributed by atoms with Crippen LogP contribution in [0.4, 0.5) is 5.69 Å². The molecule has 0 aliphatic heterocycles. The summed E-state index contributed by atoms with van der Waals surface area (Å²) in [6.07, 6.45) is 2.86. The monoisotopic (exact) mass is 611 g/mol. The van der Waals surface area contributed by atoms with E-state index in [4.69, 9.17) is 44.3 Å². The van der Waals surface area contributed by atoms with Crippen LogP contribution in [0.15, 0.2) is 92.2 Å². The number of rotatable bonds is 5. The van der Waals surface area contributed by atoms with Crippen LogP contribution in [-0.2, 0) is 4.79 Å². The topological polar surface area (TPSA) is 80.3 Å². The number of nitrogens with zero attached hydrogens (tertiary/aromatic N) is 1. The molecule has 2 aromatic heterocycles. The standard InChI is InChI=1S/C27H16BrCl2N3O3S/c28-20-4-2-1-3-18(20)26-32-22-14-16(6-10-24(22)36-26)31-27(37)33-25(34)12-8-17-7-11-23(35-17)19-9-5-15(29)13-21(19)30/h1-14H,(H2,31,33,34,37)/b12-8+. The highest BCUT2D eigenvalue weighted by atomic mass is 79.9. The number of benzene rings is 3. The molecule has 37 heavy (non-hydrogen) atoms. The van der Waals surface area contributed by atoms with Gasteiger partial charge in [0.1, 0.15) is 17.0 Å². The molecule has 184 valence electrons. The normalized spacial score (nSPS) is 11.2. The minimum Gasteiger partial charge on any atom is -0.457 e. The fourth-order valence-corrected chi connectivity index (χ4v) is 4.68. The zero-order valence-electron chi connectivity index (χ0n) is 18.8. The smallest absolute Gasteiger partial charge is 0.250 e. The van der Waals surface area contributed by atoms with Gasteiger partial charge in [-0.1, -0.05) is 35.3 Å². The first-order valence-corrected chi connectivity index (χ1v) is 12.8. The molecule has 0 saturated heterocycles. The Bertz CT molecular complexity index is 1680. The minimum absolute atomic E-state index is 0.136. The molecular formula is C27H16BrCl2N3O3S. The van der Waals surface area contributed by atoms with E-state index in [1.165, 1.54) is 12.2 Å². The highest BCUT2D eigenvalue weighted by molar-refractivity contribution is 9.10. The predicted molar refractivity (Wildman–Crippen MR) is 155 cm³/mol. The average molecular weight is 613 g/mol. The molecule has 0 unspecified atom stereocenters. The lowest BCUT2D eigenvalue weighted by molar-refractivity contribution is -0.115. The van der Waals surface area contributed by atoms with Crippen LogP contribution >= 0.6 is 51.3 Å². The van der Waals surface area contributed by atoms with E-state index in [0.717, 1.165) is 10.0 Å². The molecule has 3 aromatic carbocycles. The molecule has 0 aliphatic rings. The first kappa shape index (κ1) is 25.2. The molecule has 0 saturated carbocycles. The van der Waals surface area contributed by atoms with Crippen LogP contribution in [0.3, 0.4) is 0 Å². The molecule has 0 fully saturated rings. The van der Waals surface area contributed by atoms with Gasteiger partial charge in [-0.2, -0.15) is 0 Å². The number of thiocarbonyl (C=S) groups is 1. The van der Waals surface area contributed by atoms with E-state index in [1.807, 2.05) is 24.3 Å². The van der Waals surface area contributed by atoms with Crippen molar-refractivity contribution in [2.45, 2.75) is 0 Å². The molecule has 2 heterocycles. The number of carbonyl (C=O) groups is 1. The largest absolute Gasteiger partial charge is 0.457 e. The van der Waals surface area contributed by atoms with E-state index < -0.39 is 5.91 Å². The van der Waals surface area contributed by atoms with Crippen LogP contribution < -0.4 is 10.6 Å². The number of carbonyl (C=O) groups excluding carboxylic acids is 1. The number of hydrogen-bond donors (Lipinski definition) is 2. The first-order chi connectivity index (χ1) is 17.9. The zero-order valence-corrected chi connectivity index (χ0v) is 22.7. The predicted octanol–water partition coefficient (Wildman–Crippen LogP) is 8.35. The van der Waals surface area contributed by atoms with Gasteiger partial charge in [0, 0.05) is 26.8 Å². The Kier molecular flexibility index (Phi) is 7.43. The van der Waals surface area contributed by atoms with Crippen molar-refractivity contribution in [2.24, 2.45) is 0 Å². The number of amides is 1. The highest BCUT2D eigenvalue weighted by Crippen LogP contribution is 2.32. The maximum absolute atomic E-state index is 12.4. The van der Waals surface area contributed by atoms with E-state index in [9.17, 15) is 4.79 Å². The van der Waals surface area contributed by atoms with Gasteiger partial charge in [-0.25, -0.2) is 4.98 Å². The van der Waals surface area contributed by atoms with Crippen molar-refractivity contribution in [2.75, 3.05) is 5.32 Å². The lowest BCUT2D eigenvalue weighted by atomic mass is 10.2. The van der Waals surface area contributed by atoms with Gasteiger partial charge < -0.3 is 14.2 Å². The van der Waals surface area contributed by atoms with Gasteiger partial charge in [-0.3, -0.25) is 10.1 Å². The number of oxazole rings is 1. The second kappa shape index (κ2) is 10.9. The van der Waals surface area contributed by atoms with Gasteiger partial charge >= 0.3 is 0 Å². The quantitative estimate of drug-likeness (QED) is 0.153. The van der Waals surface area contributed by atoms with E-state index in [-0.39, 0.29) is 5.11 Å². The van der Waals surface area contributed by atoms with Gasteiger partial charge in [0.2, 0.25) is 11.8 Å². The third-order valence-electron chi connectivity index (χ3n) is 5.21. The van der Waals surface area contributed by atoms with Crippen LogP contribution in [0, 0.1) is 0 Å². The van der Waals surface area contributed by atoms with Crippen LogP contribution in [0.25, 0.3) is 40.0 Å². The summed E-state index contributed by atoms with van der Waals surface area (Å²) >= 11 is 21.0. The summed E-state index contributed by atoms with van der Waals surface area (Å²) in [5, 5.41) is 6.73. The SMILES string of the molecule is O=C(/C=C/c1ccc(-c2ccc(Cl)cc2Cl)o1)NC(=S)Nc1ccc2oc(-c3ccccc3Br)nc2c1. The van der Waals surface area contributed by atoms with Gasteiger partial charge in [0.25, 0.3) is 0 Å². The number of halogens is 3. The Morgan fingerprint density at radius 2 is 1.81 bits per heavy atom. The summed E-state index contributed by atoms with van der Waals surface area (Å²) in [5.74, 6) is 1.12. The fraction of sp³-hybridized carbons (Fsp3) is 0. The Balaban J connectivity index is 1.21. The van der Waals surface area contributed by atoms with E-state index >= 15 is 0 Å². The van der Waals surface area contributed by atoms with Crippen LogP contribution in [-0.4, -0.2) is 16.0 Å². The maximum atomic E-state index is 12.4. The fourth-order valence-electron chi connectivity index (χ4n) is 3.51. The van der Waals surface area contributed by atoms with Gasteiger partial charge in [0.15, 0.2) is 10.7 Å². The van der Waals surface area contributed by atoms with Crippen molar-refractivity contribution < 1.29 is 13.6 Å². The second-order valence-corrected chi connectivity index (χ2v) is 9.89. The van der Waals surface area contributed by atoms with Crippen molar-refractivity contribution in [3.63, 3.8) is 0 Å². The maximum Gasteiger partial charge on any atom is 0.250 e. The molecule has 10 heteroatoms. The Labute approximate surface area is 235 Å². The molecular weight excluding hydrogens is 597 g/mol. The van der Waals surface area contributed by atoms with Crippen molar-refractivity contribution in [3.8, 4) is 22.8 Å². The first-order valence-electron chi connectivity index (χ1n) is 10.9. The number of furan rings is 1. The van der Waals surface area contributed by atoms with Crippen molar-refractivity contribution in [1.29, 1.82) is 0 Å². The summed E-state index contributed by atoms with van der Waals surface area (Å²) in [5.41, 5.74) is 3.49. The summed E-state index contributed by atoms with van der Waals surface area (Å²) < 4.78 is 12.5. The molecule has 0 radical (unpaired) electrons. The molecule has 0 spiro atoms. The number of anilines is 1. The van der Waals surface area contributed by atoms with E-state index in [1.54, 1.807) is 48.5 Å². The summed E-state index contributed by atoms with van der Waals surface area (Å²) in [7, 11) is 0. The van der Waals surface area contributed by atoms with Crippen LogP contribution in [0.2, 0.25) is 10.0 Å². The number of nitrogens with one attached hydrogen (secondary N) is 2. The summed E-state index contributed by atoms with van der Waals surface area (Å²) in [6.45, 7) is 0. The van der Waals surface area contributed by atoms with E-state index in [2.05, 4.69) is 31.5 Å². The molecule has 0 bridgehead atoms. The van der Waals surface area contributed by atoms with Gasteiger partial charge in [-0.05, 0) is 94.9 Å².